The number of anilines is 1. The number of carbonyl (C=O) groups excluding carboxylic acids is 1. The summed E-state index contributed by atoms with van der Waals surface area (Å²) in [5, 5.41) is 20.2. The second kappa shape index (κ2) is 7.79. The number of thioether (sulfide) groups is 1. The Kier molecular flexibility index (Phi) is 5.97. The van der Waals surface area contributed by atoms with Crippen LogP contribution in [0.3, 0.4) is 0 Å². The van der Waals surface area contributed by atoms with E-state index < -0.39 is 17.8 Å². The van der Waals surface area contributed by atoms with E-state index in [2.05, 4.69) is 20.5 Å². The molecule has 1 amide bonds. The molecule has 0 aliphatic heterocycles. The van der Waals surface area contributed by atoms with Crippen molar-refractivity contribution in [3.8, 4) is 6.07 Å². The molecule has 2 rings (SSSR count). The summed E-state index contributed by atoms with van der Waals surface area (Å²) in [6.45, 7) is 3.29. The molecule has 0 atom stereocenters. The standard InChI is InChI=1S/C14H12F3N5OS2/c1-3-11-21-22-13(25-11)20-10(23)6-24-12-8(5-18)7(2)4-9(19-12)14(15,16)17/h4H,3,6H2,1-2H3,(H,20,22,23). The molecule has 11 heteroatoms. The van der Waals surface area contributed by atoms with E-state index in [0.717, 1.165) is 22.8 Å². The van der Waals surface area contributed by atoms with Gasteiger partial charge in [-0.3, -0.25) is 10.1 Å². The first-order valence-corrected chi connectivity index (χ1v) is 8.78. The topological polar surface area (TPSA) is 91.6 Å². The number of nitrogens with zero attached hydrogens (tertiary/aromatic N) is 4. The number of aryl methyl sites for hydroxylation is 2. The Balaban J connectivity index is 2.12. The van der Waals surface area contributed by atoms with Crippen LogP contribution in [-0.4, -0.2) is 26.8 Å². The highest BCUT2D eigenvalue weighted by atomic mass is 32.2. The number of hydrogen-bond acceptors (Lipinski definition) is 7. The third-order valence-electron chi connectivity index (χ3n) is 2.94. The third kappa shape index (κ3) is 4.90. The molecule has 0 bridgehead atoms. The van der Waals surface area contributed by atoms with Gasteiger partial charge in [0.05, 0.1) is 11.3 Å². The van der Waals surface area contributed by atoms with Gasteiger partial charge in [0, 0.05) is 0 Å². The predicted octanol–water partition coefficient (Wildman–Crippen LogP) is 3.43. The normalized spacial score (nSPS) is 11.2. The fourth-order valence-corrected chi connectivity index (χ4v) is 3.31. The van der Waals surface area contributed by atoms with Crippen molar-refractivity contribution >= 4 is 34.1 Å². The van der Waals surface area contributed by atoms with Crippen molar-refractivity contribution in [2.24, 2.45) is 0 Å². The predicted molar refractivity (Wildman–Crippen MR) is 87.3 cm³/mol. The minimum atomic E-state index is -4.63. The van der Waals surface area contributed by atoms with Gasteiger partial charge < -0.3 is 0 Å². The van der Waals surface area contributed by atoms with Crippen LogP contribution in [0.1, 0.15) is 28.8 Å². The molecule has 2 aromatic heterocycles. The summed E-state index contributed by atoms with van der Waals surface area (Å²) in [6, 6.07) is 2.64. The second-order valence-electron chi connectivity index (χ2n) is 4.81. The van der Waals surface area contributed by atoms with Crippen LogP contribution in [0.15, 0.2) is 11.1 Å². The summed E-state index contributed by atoms with van der Waals surface area (Å²) in [6.07, 6.45) is -3.94. The van der Waals surface area contributed by atoms with Gasteiger partial charge in [-0.25, -0.2) is 4.98 Å². The monoisotopic (exact) mass is 387 g/mol. The molecule has 0 saturated carbocycles. The van der Waals surface area contributed by atoms with Crippen LogP contribution in [-0.2, 0) is 17.4 Å². The minimum Gasteiger partial charge on any atom is -0.300 e. The van der Waals surface area contributed by atoms with Crippen molar-refractivity contribution in [3.63, 3.8) is 0 Å². The van der Waals surface area contributed by atoms with Crippen LogP contribution in [0, 0.1) is 18.3 Å². The summed E-state index contributed by atoms with van der Waals surface area (Å²) in [5.41, 5.74) is -0.914. The molecule has 132 valence electrons. The first-order chi connectivity index (χ1) is 11.7. The fourth-order valence-electron chi connectivity index (χ4n) is 1.77. The fraction of sp³-hybridized carbons (Fsp3) is 0.357. The lowest BCUT2D eigenvalue weighted by atomic mass is 10.1. The Morgan fingerprint density at radius 1 is 1.44 bits per heavy atom. The SMILES string of the molecule is CCc1nnc(NC(=O)CSc2nc(C(F)(F)F)cc(C)c2C#N)s1. The molecule has 0 fully saturated rings. The van der Waals surface area contributed by atoms with Crippen LogP contribution < -0.4 is 5.32 Å². The Hall–Kier alpha value is -2.19. The molecule has 25 heavy (non-hydrogen) atoms. The minimum absolute atomic E-state index is 0.0231. The Morgan fingerprint density at radius 2 is 2.16 bits per heavy atom. The van der Waals surface area contributed by atoms with Gasteiger partial charge >= 0.3 is 6.18 Å². The van der Waals surface area contributed by atoms with Gasteiger partial charge in [-0.2, -0.15) is 18.4 Å². The van der Waals surface area contributed by atoms with Crippen LogP contribution in [0.2, 0.25) is 0 Å². The number of hydrogen-bond donors (Lipinski definition) is 1. The molecule has 0 aliphatic carbocycles. The van der Waals surface area contributed by atoms with Gasteiger partial charge in [0.15, 0.2) is 0 Å². The zero-order chi connectivity index (χ0) is 18.6. The second-order valence-corrected chi connectivity index (χ2v) is 6.83. The van der Waals surface area contributed by atoms with Gasteiger partial charge in [-0.15, -0.1) is 10.2 Å². The molecule has 1 N–H and O–H groups in total. The maximum Gasteiger partial charge on any atom is 0.433 e. The number of aromatic nitrogens is 3. The van der Waals surface area contributed by atoms with E-state index in [1.165, 1.54) is 18.3 Å². The van der Waals surface area contributed by atoms with Crippen LogP contribution in [0.5, 0.6) is 0 Å². The van der Waals surface area contributed by atoms with E-state index in [1.54, 1.807) is 0 Å². The molecule has 0 spiro atoms. The number of halogens is 3. The quantitative estimate of drug-likeness (QED) is 0.791. The van der Waals surface area contributed by atoms with Crippen molar-refractivity contribution < 1.29 is 18.0 Å². The van der Waals surface area contributed by atoms with E-state index >= 15 is 0 Å². The van der Waals surface area contributed by atoms with E-state index in [-0.39, 0.29) is 21.9 Å². The van der Waals surface area contributed by atoms with Gasteiger partial charge in [0.25, 0.3) is 0 Å². The molecule has 2 heterocycles. The average molecular weight is 387 g/mol. The maximum atomic E-state index is 12.9. The number of pyridine rings is 1. The van der Waals surface area contributed by atoms with E-state index in [0.29, 0.717) is 11.6 Å². The van der Waals surface area contributed by atoms with Crippen LogP contribution >= 0.6 is 23.1 Å². The molecule has 0 unspecified atom stereocenters. The average Bonchev–Trinajstić information content (AvgIpc) is 2.99. The number of nitriles is 1. The lowest BCUT2D eigenvalue weighted by Gasteiger charge is -2.11. The summed E-state index contributed by atoms with van der Waals surface area (Å²) >= 11 is 1.99. The number of alkyl halides is 3. The highest BCUT2D eigenvalue weighted by molar-refractivity contribution is 8.00. The zero-order valence-electron chi connectivity index (χ0n) is 13.1. The van der Waals surface area contributed by atoms with E-state index in [4.69, 9.17) is 5.26 Å². The molecule has 0 radical (unpaired) electrons. The molecule has 0 aromatic carbocycles. The van der Waals surface area contributed by atoms with Gasteiger partial charge in [-0.05, 0) is 25.0 Å². The molecule has 2 aromatic rings. The lowest BCUT2D eigenvalue weighted by molar-refractivity contribution is -0.141. The molecule has 6 nitrogen and oxygen atoms in total. The van der Waals surface area contributed by atoms with E-state index in [1.807, 2.05) is 13.0 Å². The summed E-state index contributed by atoms with van der Waals surface area (Å²) in [4.78, 5) is 15.4. The largest absolute Gasteiger partial charge is 0.433 e. The van der Waals surface area contributed by atoms with Gasteiger partial charge in [0.2, 0.25) is 11.0 Å². The zero-order valence-corrected chi connectivity index (χ0v) is 14.8. The summed E-state index contributed by atoms with van der Waals surface area (Å²) in [7, 11) is 0. The van der Waals surface area contributed by atoms with Crippen molar-refractivity contribution in [2.45, 2.75) is 31.5 Å². The first kappa shape index (κ1) is 19.1. The number of carbonyl (C=O) groups is 1. The number of rotatable bonds is 5. The smallest absolute Gasteiger partial charge is 0.300 e. The van der Waals surface area contributed by atoms with Crippen LogP contribution in [0.4, 0.5) is 18.3 Å². The molecule has 0 saturated heterocycles. The number of nitrogens with one attached hydrogen (secondary N) is 1. The van der Waals surface area contributed by atoms with Crippen molar-refractivity contribution in [1.82, 2.24) is 15.2 Å². The van der Waals surface area contributed by atoms with Crippen molar-refractivity contribution in [3.05, 3.63) is 27.9 Å². The lowest BCUT2D eigenvalue weighted by Crippen LogP contribution is -2.15. The Bertz CT molecular complexity index is 829. The molecule has 0 aliphatic rings. The molecular weight excluding hydrogens is 375 g/mol. The van der Waals surface area contributed by atoms with Gasteiger partial charge in [0.1, 0.15) is 21.8 Å². The Labute approximate surface area is 149 Å². The van der Waals surface area contributed by atoms with E-state index in [9.17, 15) is 18.0 Å². The Morgan fingerprint density at radius 3 is 2.72 bits per heavy atom. The highest BCUT2D eigenvalue weighted by Gasteiger charge is 2.34. The first-order valence-electron chi connectivity index (χ1n) is 6.98. The third-order valence-corrected chi connectivity index (χ3v) is 4.90. The molecular formula is C14H12F3N5OS2. The highest BCUT2D eigenvalue weighted by Crippen LogP contribution is 2.32. The summed E-state index contributed by atoms with van der Waals surface area (Å²) in [5.74, 6) is -0.673. The van der Waals surface area contributed by atoms with Crippen molar-refractivity contribution in [1.29, 1.82) is 5.26 Å². The van der Waals surface area contributed by atoms with Gasteiger partial charge in [-0.1, -0.05) is 30.0 Å². The number of amides is 1. The summed E-state index contributed by atoms with van der Waals surface area (Å²) < 4.78 is 38.6. The van der Waals surface area contributed by atoms with Crippen molar-refractivity contribution in [2.75, 3.05) is 11.1 Å². The van der Waals surface area contributed by atoms with Crippen LogP contribution in [0.25, 0.3) is 0 Å². The maximum absolute atomic E-state index is 12.9.